The van der Waals surface area contributed by atoms with Gasteiger partial charge in [0, 0.05) is 6.54 Å². The summed E-state index contributed by atoms with van der Waals surface area (Å²) in [5, 5.41) is 14.8. The van der Waals surface area contributed by atoms with Crippen molar-refractivity contribution in [3.8, 4) is 0 Å². The Kier molecular flexibility index (Phi) is 4.45. The second-order valence-electron chi connectivity index (χ2n) is 4.18. The van der Waals surface area contributed by atoms with Gasteiger partial charge in [-0.05, 0) is 24.1 Å². The lowest BCUT2D eigenvalue weighted by molar-refractivity contribution is 0.207. The van der Waals surface area contributed by atoms with Crippen LogP contribution in [0, 0.1) is 5.82 Å². The molecule has 0 bridgehead atoms. The third-order valence-corrected chi connectivity index (χ3v) is 3.38. The van der Waals surface area contributed by atoms with E-state index in [0.717, 1.165) is 6.42 Å². The summed E-state index contributed by atoms with van der Waals surface area (Å²) in [6.07, 6.45) is 1.29. The molecule has 0 saturated heterocycles. The van der Waals surface area contributed by atoms with Crippen LogP contribution in [0.1, 0.15) is 30.7 Å². The van der Waals surface area contributed by atoms with E-state index < -0.39 is 11.9 Å². The molecule has 0 radical (unpaired) electrons. The summed E-state index contributed by atoms with van der Waals surface area (Å²) in [7, 11) is 0. The van der Waals surface area contributed by atoms with Gasteiger partial charge in [0.2, 0.25) is 0 Å². The van der Waals surface area contributed by atoms with E-state index in [0.29, 0.717) is 22.8 Å². The number of nitrogens with zero attached hydrogens (tertiary/aromatic N) is 2. The van der Waals surface area contributed by atoms with Crippen molar-refractivity contribution in [3.05, 3.63) is 51.5 Å². The predicted octanol–water partition coefficient (Wildman–Crippen LogP) is 3.82. The zero-order chi connectivity index (χ0) is 14.0. The van der Waals surface area contributed by atoms with Crippen molar-refractivity contribution in [1.29, 1.82) is 0 Å². The van der Waals surface area contributed by atoms with Crippen LogP contribution in [0.2, 0.25) is 10.0 Å². The van der Waals surface area contributed by atoms with Gasteiger partial charge in [-0.2, -0.15) is 5.10 Å². The monoisotopic (exact) mass is 302 g/mol. The molecule has 0 aliphatic rings. The van der Waals surface area contributed by atoms with Gasteiger partial charge in [-0.25, -0.2) is 4.39 Å². The van der Waals surface area contributed by atoms with Gasteiger partial charge >= 0.3 is 0 Å². The summed E-state index contributed by atoms with van der Waals surface area (Å²) in [6, 6.07) is 4.17. The molecule has 1 unspecified atom stereocenters. The third kappa shape index (κ3) is 2.91. The van der Waals surface area contributed by atoms with Crippen molar-refractivity contribution >= 4 is 23.2 Å². The molecule has 0 spiro atoms. The molecule has 6 heteroatoms. The standard InChI is InChI=1S/C13H13Cl2FN2O/c1-2-5-18-12(10(15)7-17-18)13(19)8-3-4-9(14)11(16)6-8/h3-4,6-7,13,19H,2,5H2,1H3. The second kappa shape index (κ2) is 5.90. The first-order chi connectivity index (χ1) is 9.04. The van der Waals surface area contributed by atoms with Crippen LogP contribution in [-0.2, 0) is 6.54 Å². The number of aliphatic hydroxyl groups excluding tert-OH is 1. The summed E-state index contributed by atoms with van der Waals surface area (Å²) >= 11 is 11.7. The molecule has 0 amide bonds. The fourth-order valence-corrected chi connectivity index (χ4v) is 2.24. The number of rotatable bonds is 4. The minimum atomic E-state index is -1.03. The SMILES string of the molecule is CCCn1ncc(Cl)c1C(O)c1ccc(Cl)c(F)c1. The van der Waals surface area contributed by atoms with Crippen molar-refractivity contribution in [2.75, 3.05) is 0 Å². The Balaban J connectivity index is 2.40. The molecule has 1 heterocycles. The smallest absolute Gasteiger partial charge is 0.142 e. The van der Waals surface area contributed by atoms with Gasteiger partial charge in [0.25, 0.3) is 0 Å². The highest BCUT2D eigenvalue weighted by molar-refractivity contribution is 6.31. The van der Waals surface area contributed by atoms with Crippen molar-refractivity contribution in [1.82, 2.24) is 9.78 Å². The Hall–Kier alpha value is -1.10. The number of benzene rings is 1. The van der Waals surface area contributed by atoms with Crippen LogP contribution in [0.15, 0.2) is 24.4 Å². The maximum atomic E-state index is 13.4. The van der Waals surface area contributed by atoms with Crippen molar-refractivity contribution in [3.63, 3.8) is 0 Å². The van der Waals surface area contributed by atoms with Gasteiger partial charge < -0.3 is 5.11 Å². The minimum absolute atomic E-state index is 0.0177. The van der Waals surface area contributed by atoms with Crippen molar-refractivity contribution in [2.24, 2.45) is 0 Å². The summed E-state index contributed by atoms with van der Waals surface area (Å²) in [4.78, 5) is 0. The van der Waals surface area contributed by atoms with Gasteiger partial charge in [-0.3, -0.25) is 4.68 Å². The number of halogens is 3. The van der Waals surface area contributed by atoms with Crippen LogP contribution in [0.5, 0.6) is 0 Å². The Morgan fingerprint density at radius 3 is 2.74 bits per heavy atom. The number of hydrogen-bond acceptors (Lipinski definition) is 2. The van der Waals surface area contributed by atoms with Gasteiger partial charge in [-0.15, -0.1) is 0 Å². The quantitative estimate of drug-likeness (QED) is 0.932. The van der Waals surface area contributed by atoms with Crippen LogP contribution in [0.25, 0.3) is 0 Å². The second-order valence-corrected chi connectivity index (χ2v) is 4.99. The minimum Gasteiger partial charge on any atom is -0.382 e. The van der Waals surface area contributed by atoms with E-state index in [1.54, 1.807) is 10.7 Å². The number of aliphatic hydroxyl groups is 1. The highest BCUT2D eigenvalue weighted by Crippen LogP contribution is 2.30. The van der Waals surface area contributed by atoms with Gasteiger partial charge in [0.05, 0.1) is 21.9 Å². The average molecular weight is 303 g/mol. The third-order valence-electron chi connectivity index (χ3n) is 2.79. The molecule has 1 aromatic carbocycles. The molecule has 0 aliphatic carbocycles. The number of aromatic nitrogens is 2. The average Bonchev–Trinajstić information content (AvgIpc) is 2.74. The van der Waals surface area contributed by atoms with Gasteiger partial charge in [0.1, 0.15) is 11.9 Å². The highest BCUT2D eigenvalue weighted by Gasteiger charge is 2.20. The molecule has 1 N–H and O–H groups in total. The van der Waals surface area contributed by atoms with Crippen LogP contribution >= 0.6 is 23.2 Å². The lowest BCUT2D eigenvalue weighted by atomic mass is 10.1. The molecule has 3 nitrogen and oxygen atoms in total. The molecule has 1 aromatic heterocycles. The van der Waals surface area contributed by atoms with E-state index in [2.05, 4.69) is 5.10 Å². The Morgan fingerprint density at radius 1 is 1.37 bits per heavy atom. The summed E-state index contributed by atoms with van der Waals surface area (Å²) in [6.45, 7) is 2.63. The first kappa shape index (κ1) is 14.3. The number of hydrogen-bond donors (Lipinski definition) is 1. The van der Waals surface area contributed by atoms with Crippen LogP contribution in [-0.4, -0.2) is 14.9 Å². The largest absolute Gasteiger partial charge is 0.382 e. The first-order valence-electron chi connectivity index (χ1n) is 5.88. The summed E-state index contributed by atoms with van der Waals surface area (Å²) in [5.74, 6) is -0.573. The zero-order valence-electron chi connectivity index (χ0n) is 10.3. The van der Waals surface area contributed by atoms with E-state index in [4.69, 9.17) is 23.2 Å². The number of aryl methyl sites for hydroxylation is 1. The highest BCUT2D eigenvalue weighted by atomic mass is 35.5. The Labute approximate surface area is 120 Å². The summed E-state index contributed by atoms with van der Waals surface area (Å²) in [5.41, 5.74) is 0.854. The van der Waals surface area contributed by atoms with Gasteiger partial charge in [0.15, 0.2) is 0 Å². The molecular weight excluding hydrogens is 290 g/mol. The van der Waals surface area contributed by atoms with E-state index >= 15 is 0 Å². The van der Waals surface area contributed by atoms with Crippen LogP contribution < -0.4 is 0 Å². The summed E-state index contributed by atoms with van der Waals surface area (Å²) < 4.78 is 15.1. The maximum absolute atomic E-state index is 13.4. The lowest BCUT2D eigenvalue weighted by Crippen LogP contribution is -2.10. The van der Waals surface area contributed by atoms with E-state index in [1.165, 1.54) is 18.3 Å². The topological polar surface area (TPSA) is 38.0 Å². The molecule has 2 rings (SSSR count). The Morgan fingerprint density at radius 2 is 2.11 bits per heavy atom. The predicted molar refractivity (Wildman–Crippen MR) is 73.0 cm³/mol. The Bertz CT molecular complexity index is 586. The van der Waals surface area contributed by atoms with Crippen LogP contribution in [0.3, 0.4) is 0 Å². The van der Waals surface area contributed by atoms with Crippen molar-refractivity contribution in [2.45, 2.75) is 26.0 Å². The first-order valence-corrected chi connectivity index (χ1v) is 6.64. The molecule has 0 fully saturated rings. The van der Waals surface area contributed by atoms with E-state index in [1.807, 2.05) is 6.92 Å². The molecule has 0 saturated carbocycles. The maximum Gasteiger partial charge on any atom is 0.142 e. The fourth-order valence-electron chi connectivity index (χ4n) is 1.87. The molecular formula is C13H13Cl2FN2O. The molecule has 102 valence electrons. The fraction of sp³-hybridized carbons (Fsp3) is 0.308. The van der Waals surface area contributed by atoms with Crippen molar-refractivity contribution < 1.29 is 9.50 Å². The van der Waals surface area contributed by atoms with E-state index in [9.17, 15) is 9.50 Å². The van der Waals surface area contributed by atoms with Crippen LogP contribution in [0.4, 0.5) is 4.39 Å². The molecule has 0 aliphatic heterocycles. The molecule has 19 heavy (non-hydrogen) atoms. The normalized spacial score (nSPS) is 12.7. The lowest BCUT2D eigenvalue weighted by Gasteiger charge is -2.14. The zero-order valence-corrected chi connectivity index (χ0v) is 11.8. The van der Waals surface area contributed by atoms with E-state index in [-0.39, 0.29) is 5.02 Å². The molecule has 1 atom stereocenters. The van der Waals surface area contributed by atoms with Gasteiger partial charge in [-0.1, -0.05) is 36.2 Å². The molecule has 2 aromatic rings.